The maximum absolute atomic E-state index is 11.4. The number of hydrogen-bond donors (Lipinski definition) is 2. The molecule has 80 valence electrons. The van der Waals surface area contributed by atoms with E-state index in [0.29, 0.717) is 13.0 Å². The summed E-state index contributed by atoms with van der Waals surface area (Å²) in [7, 11) is 1.55. The van der Waals surface area contributed by atoms with E-state index in [-0.39, 0.29) is 12.1 Å². The maximum atomic E-state index is 11.4. The number of carboxylic acids is 1. The monoisotopic (exact) mass is 200 g/mol. The highest BCUT2D eigenvalue weighted by Gasteiger charge is 2.31. The Bertz CT molecular complexity index is 242. The van der Waals surface area contributed by atoms with Gasteiger partial charge in [0.25, 0.3) is 0 Å². The SMILES string of the molecule is CNC(=O)N1CC(C(=O)O)CCC1C. The lowest BCUT2D eigenvalue weighted by Gasteiger charge is -2.36. The zero-order valence-corrected chi connectivity index (χ0v) is 8.49. The third kappa shape index (κ3) is 2.16. The van der Waals surface area contributed by atoms with E-state index in [1.165, 1.54) is 0 Å². The molecule has 2 unspecified atom stereocenters. The molecule has 2 amide bonds. The molecule has 2 atom stereocenters. The predicted octanol–water partition coefficient (Wildman–Crippen LogP) is 0.511. The van der Waals surface area contributed by atoms with Crippen molar-refractivity contribution in [3.8, 4) is 0 Å². The van der Waals surface area contributed by atoms with Crippen molar-refractivity contribution in [1.82, 2.24) is 10.2 Å². The molecule has 1 saturated heterocycles. The Morgan fingerprint density at radius 3 is 2.57 bits per heavy atom. The Hall–Kier alpha value is -1.26. The summed E-state index contributed by atoms with van der Waals surface area (Å²) in [6, 6.07) is -0.0611. The van der Waals surface area contributed by atoms with Crippen LogP contribution in [0.2, 0.25) is 0 Å². The molecule has 0 aromatic carbocycles. The minimum absolute atomic E-state index is 0.130. The molecule has 1 aliphatic rings. The summed E-state index contributed by atoms with van der Waals surface area (Å²) in [4.78, 5) is 23.7. The topological polar surface area (TPSA) is 69.6 Å². The highest BCUT2D eigenvalue weighted by Crippen LogP contribution is 2.21. The molecule has 5 nitrogen and oxygen atoms in total. The van der Waals surface area contributed by atoms with Crippen molar-refractivity contribution >= 4 is 12.0 Å². The quantitative estimate of drug-likeness (QED) is 0.648. The first-order valence-corrected chi connectivity index (χ1v) is 4.77. The molecule has 2 N–H and O–H groups in total. The van der Waals surface area contributed by atoms with Gasteiger partial charge in [-0.1, -0.05) is 0 Å². The number of carbonyl (C=O) groups is 2. The number of rotatable bonds is 1. The van der Waals surface area contributed by atoms with E-state index in [4.69, 9.17) is 5.11 Å². The summed E-state index contributed by atoms with van der Waals surface area (Å²) in [5.74, 6) is -1.23. The number of hydrogen-bond acceptors (Lipinski definition) is 2. The van der Waals surface area contributed by atoms with Gasteiger partial charge in [0.1, 0.15) is 0 Å². The molecule has 1 aliphatic heterocycles. The van der Waals surface area contributed by atoms with Crippen LogP contribution in [0.1, 0.15) is 19.8 Å². The second-order valence-electron chi connectivity index (χ2n) is 3.67. The van der Waals surface area contributed by atoms with E-state index >= 15 is 0 Å². The van der Waals surface area contributed by atoms with Crippen LogP contribution in [0.3, 0.4) is 0 Å². The Morgan fingerprint density at radius 2 is 2.07 bits per heavy atom. The molecule has 1 heterocycles. The first kappa shape index (κ1) is 10.8. The molecule has 5 heteroatoms. The van der Waals surface area contributed by atoms with Gasteiger partial charge >= 0.3 is 12.0 Å². The molecule has 0 aromatic heterocycles. The van der Waals surface area contributed by atoms with Crippen LogP contribution in [-0.2, 0) is 4.79 Å². The van der Waals surface area contributed by atoms with Crippen LogP contribution in [0.4, 0.5) is 4.79 Å². The molecule has 14 heavy (non-hydrogen) atoms. The Kier molecular flexibility index (Phi) is 3.33. The zero-order valence-electron chi connectivity index (χ0n) is 8.49. The molecule has 0 aliphatic carbocycles. The van der Waals surface area contributed by atoms with Crippen molar-refractivity contribution in [1.29, 1.82) is 0 Å². The van der Waals surface area contributed by atoms with E-state index < -0.39 is 11.9 Å². The number of piperidine rings is 1. The number of amides is 2. The summed E-state index contributed by atoms with van der Waals surface area (Å²) in [5, 5.41) is 11.4. The van der Waals surface area contributed by atoms with E-state index in [1.807, 2.05) is 6.92 Å². The highest BCUT2D eigenvalue weighted by atomic mass is 16.4. The van der Waals surface area contributed by atoms with Crippen LogP contribution >= 0.6 is 0 Å². The third-order valence-corrected chi connectivity index (χ3v) is 2.71. The Labute approximate surface area is 83.1 Å². The van der Waals surface area contributed by atoms with E-state index in [1.54, 1.807) is 11.9 Å². The van der Waals surface area contributed by atoms with Gasteiger partial charge in [0.2, 0.25) is 0 Å². The third-order valence-electron chi connectivity index (χ3n) is 2.71. The molecule has 1 rings (SSSR count). The van der Waals surface area contributed by atoms with Gasteiger partial charge in [0, 0.05) is 19.6 Å². The average Bonchev–Trinajstić information content (AvgIpc) is 2.17. The summed E-state index contributed by atoms with van der Waals surface area (Å²) in [6.45, 7) is 2.25. The minimum Gasteiger partial charge on any atom is -0.481 e. The van der Waals surface area contributed by atoms with Gasteiger partial charge in [-0.15, -0.1) is 0 Å². The van der Waals surface area contributed by atoms with E-state index in [0.717, 1.165) is 6.42 Å². The average molecular weight is 200 g/mol. The number of aliphatic carboxylic acids is 1. The number of likely N-dealkylation sites (tertiary alicyclic amines) is 1. The molecular weight excluding hydrogens is 184 g/mol. The van der Waals surface area contributed by atoms with Crippen LogP contribution in [0, 0.1) is 5.92 Å². The lowest BCUT2D eigenvalue weighted by Crippen LogP contribution is -2.50. The Morgan fingerprint density at radius 1 is 1.43 bits per heavy atom. The molecule has 0 spiro atoms. The fourth-order valence-corrected chi connectivity index (χ4v) is 1.74. The first-order chi connectivity index (χ1) is 6.56. The largest absolute Gasteiger partial charge is 0.481 e. The molecular formula is C9H16N2O3. The fraction of sp³-hybridized carbons (Fsp3) is 0.778. The number of carboxylic acid groups (broad SMARTS) is 1. The second-order valence-corrected chi connectivity index (χ2v) is 3.67. The zero-order chi connectivity index (χ0) is 10.7. The minimum atomic E-state index is -0.814. The van der Waals surface area contributed by atoms with Crippen molar-refractivity contribution < 1.29 is 14.7 Å². The van der Waals surface area contributed by atoms with E-state index in [9.17, 15) is 9.59 Å². The van der Waals surface area contributed by atoms with Crippen molar-refractivity contribution in [2.75, 3.05) is 13.6 Å². The first-order valence-electron chi connectivity index (χ1n) is 4.77. The molecule has 1 fully saturated rings. The second kappa shape index (κ2) is 4.30. The lowest BCUT2D eigenvalue weighted by atomic mass is 9.94. The summed E-state index contributed by atoms with van der Waals surface area (Å²) in [6.07, 6.45) is 1.41. The summed E-state index contributed by atoms with van der Waals surface area (Å²) < 4.78 is 0. The molecule has 0 aromatic rings. The summed E-state index contributed by atoms with van der Waals surface area (Å²) >= 11 is 0. The summed E-state index contributed by atoms with van der Waals surface area (Å²) in [5.41, 5.74) is 0. The normalized spacial score (nSPS) is 27.1. The van der Waals surface area contributed by atoms with Crippen molar-refractivity contribution in [2.45, 2.75) is 25.8 Å². The number of carbonyl (C=O) groups excluding carboxylic acids is 1. The van der Waals surface area contributed by atoms with Gasteiger partial charge in [-0.3, -0.25) is 4.79 Å². The van der Waals surface area contributed by atoms with Crippen LogP contribution in [0.25, 0.3) is 0 Å². The Balaban J connectivity index is 2.64. The molecule has 0 radical (unpaired) electrons. The van der Waals surface area contributed by atoms with Gasteiger partial charge < -0.3 is 15.3 Å². The van der Waals surface area contributed by atoms with Crippen molar-refractivity contribution in [3.05, 3.63) is 0 Å². The predicted molar refractivity (Wildman–Crippen MR) is 51.0 cm³/mol. The van der Waals surface area contributed by atoms with Crippen LogP contribution in [0.15, 0.2) is 0 Å². The number of nitrogens with one attached hydrogen (secondary N) is 1. The maximum Gasteiger partial charge on any atom is 0.317 e. The van der Waals surface area contributed by atoms with Crippen LogP contribution in [0.5, 0.6) is 0 Å². The number of nitrogens with zero attached hydrogens (tertiary/aromatic N) is 1. The number of urea groups is 1. The highest BCUT2D eigenvalue weighted by molar-refractivity contribution is 5.76. The molecule has 0 bridgehead atoms. The van der Waals surface area contributed by atoms with Crippen LogP contribution < -0.4 is 5.32 Å². The van der Waals surface area contributed by atoms with Gasteiger partial charge in [0.15, 0.2) is 0 Å². The van der Waals surface area contributed by atoms with E-state index in [2.05, 4.69) is 5.32 Å². The van der Waals surface area contributed by atoms with Crippen molar-refractivity contribution in [3.63, 3.8) is 0 Å². The van der Waals surface area contributed by atoms with Crippen LogP contribution in [-0.4, -0.2) is 41.6 Å². The van der Waals surface area contributed by atoms with Gasteiger partial charge in [0.05, 0.1) is 5.92 Å². The van der Waals surface area contributed by atoms with Crippen molar-refractivity contribution in [2.24, 2.45) is 5.92 Å². The molecule has 0 saturated carbocycles. The smallest absolute Gasteiger partial charge is 0.317 e. The van der Waals surface area contributed by atoms with Gasteiger partial charge in [-0.05, 0) is 19.8 Å². The fourth-order valence-electron chi connectivity index (χ4n) is 1.74. The van der Waals surface area contributed by atoms with Gasteiger partial charge in [-0.25, -0.2) is 4.79 Å². The standard InChI is InChI=1S/C9H16N2O3/c1-6-3-4-7(8(12)13)5-11(6)9(14)10-2/h6-7H,3-5H2,1-2H3,(H,10,14)(H,12,13). The van der Waals surface area contributed by atoms with Gasteiger partial charge in [-0.2, -0.15) is 0 Å². The lowest BCUT2D eigenvalue weighted by molar-refractivity contribution is -0.143.